The first-order valence-electron chi connectivity index (χ1n) is 13.5. The summed E-state index contributed by atoms with van der Waals surface area (Å²) in [7, 11) is 0. The second-order valence-electron chi connectivity index (χ2n) is 10.3. The molecule has 0 aliphatic heterocycles. The van der Waals surface area contributed by atoms with Crippen molar-refractivity contribution in [2.75, 3.05) is 0 Å². The molecule has 186 valence electrons. The van der Waals surface area contributed by atoms with Gasteiger partial charge in [-0.3, -0.25) is 9.38 Å². The van der Waals surface area contributed by atoms with Crippen molar-refractivity contribution in [2.45, 2.75) is 0 Å². The van der Waals surface area contributed by atoms with Crippen LogP contribution in [-0.2, 0) is 0 Å². The second-order valence-corrected chi connectivity index (χ2v) is 10.3. The molecule has 0 saturated carbocycles. The molecule has 0 unspecified atom stereocenters. The number of hydrogen-bond acceptors (Lipinski definition) is 2. The summed E-state index contributed by atoms with van der Waals surface area (Å²) in [6, 6.07) is 43.0. The Labute approximate surface area is 229 Å². The van der Waals surface area contributed by atoms with E-state index in [9.17, 15) is 0 Å². The summed E-state index contributed by atoms with van der Waals surface area (Å²) in [6.45, 7) is 0. The zero-order chi connectivity index (χ0) is 26.2. The van der Waals surface area contributed by atoms with Gasteiger partial charge in [0, 0.05) is 33.3 Å². The van der Waals surface area contributed by atoms with Crippen LogP contribution in [0.3, 0.4) is 0 Å². The molecule has 40 heavy (non-hydrogen) atoms. The van der Waals surface area contributed by atoms with E-state index in [2.05, 4.69) is 129 Å². The van der Waals surface area contributed by atoms with Gasteiger partial charge in [-0.2, -0.15) is 0 Å². The van der Waals surface area contributed by atoms with Crippen LogP contribution in [0.25, 0.3) is 77.0 Å². The van der Waals surface area contributed by atoms with Crippen LogP contribution in [0.15, 0.2) is 134 Å². The summed E-state index contributed by atoms with van der Waals surface area (Å²) < 4.78 is 4.69. The van der Waals surface area contributed by atoms with Crippen LogP contribution >= 0.6 is 0 Å². The van der Waals surface area contributed by atoms with Gasteiger partial charge < -0.3 is 4.57 Å². The molecular formula is C36H22N4. The number of aromatic nitrogens is 4. The fourth-order valence-electron chi connectivity index (χ4n) is 6.47. The van der Waals surface area contributed by atoms with Gasteiger partial charge in [0.25, 0.3) is 0 Å². The summed E-state index contributed by atoms with van der Waals surface area (Å²) in [4.78, 5) is 9.75. The highest BCUT2D eigenvalue weighted by molar-refractivity contribution is 6.29. The lowest BCUT2D eigenvalue weighted by molar-refractivity contribution is 1.14. The van der Waals surface area contributed by atoms with Crippen LogP contribution < -0.4 is 0 Å². The van der Waals surface area contributed by atoms with E-state index < -0.39 is 0 Å². The van der Waals surface area contributed by atoms with Crippen LogP contribution in [0.1, 0.15) is 0 Å². The van der Waals surface area contributed by atoms with Crippen molar-refractivity contribution in [3.8, 4) is 16.8 Å². The summed E-state index contributed by atoms with van der Waals surface area (Å²) >= 11 is 0. The molecule has 4 heteroatoms. The molecule has 0 fully saturated rings. The lowest BCUT2D eigenvalue weighted by atomic mass is 10.0. The fourth-order valence-corrected chi connectivity index (χ4v) is 6.47. The number of para-hydroxylation sites is 3. The summed E-state index contributed by atoms with van der Waals surface area (Å²) in [5, 5.41) is 6.08. The van der Waals surface area contributed by atoms with Gasteiger partial charge in [0.2, 0.25) is 0 Å². The Morgan fingerprint density at radius 3 is 2.02 bits per heavy atom. The minimum absolute atomic E-state index is 0.993. The van der Waals surface area contributed by atoms with Gasteiger partial charge in [-0.05, 0) is 47.3 Å². The first-order valence-corrected chi connectivity index (χ1v) is 13.5. The Bertz CT molecular complexity index is 2430. The van der Waals surface area contributed by atoms with E-state index in [0.29, 0.717) is 0 Å². The third kappa shape index (κ3) is 2.85. The average Bonchev–Trinajstić information content (AvgIpc) is 3.58. The maximum absolute atomic E-state index is 5.08. The average molecular weight is 511 g/mol. The van der Waals surface area contributed by atoms with Gasteiger partial charge in [0.05, 0.1) is 39.5 Å². The topological polar surface area (TPSA) is 35.1 Å². The van der Waals surface area contributed by atoms with Crippen molar-refractivity contribution in [1.82, 2.24) is 18.9 Å². The van der Waals surface area contributed by atoms with Crippen LogP contribution in [0, 0.1) is 0 Å². The number of nitrogens with zero attached hydrogens (tertiary/aromatic N) is 4. The first kappa shape index (κ1) is 21.5. The molecule has 0 aliphatic carbocycles. The van der Waals surface area contributed by atoms with Crippen LogP contribution in [0.2, 0.25) is 0 Å². The van der Waals surface area contributed by atoms with Crippen LogP contribution in [0.4, 0.5) is 0 Å². The number of pyridine rings is 2. The molecule has 5 aromatic carbocycles. The monoisotopic (exact) mass is 510 g/mol. The number of imidazole rings is 1. The summed E-state index contributed by atoms with van der Waals surface area (Å²) in [6.07, 6.45) is 3.91. The molecule has 4 heterocycles. The van der Waals surface area contributed by atoms with Gasteiger partial charge in [-0.25, -0.2) is 4.98 Å². The number of hydrogen-bond donors (Lipinski definition) is 0. The highest BCUT2D eigenvalue weighted by Gasteiger charge is 2.20. The lowest BCUT2D eigenvalue weighted by Crippen LogP contribution is -1.96. The lowest BCUT2D eigenvalue weighted by Gasteiger charge is -2.12. The smallest absolute Gasteiger partial charge is 0.146 e. The van der Waals surface area contributed by atoms with Gasteiger partial charge in [0.1, 0.15) is 5.65 Å². The molecule has 0 amide bonds. The molecule has 0 atom stereocenters. The normalized spacial score (nSPS) is 12.0. The van der Waals surface area contributed by atoms with E-state index in [1.807, 2.05) is 18.5 Å². The standard InChI is InChI=1S/C36H22N4/c1-2-10-23(11-3-1)24-20-25(22-37-21-24)39-30-16-8-6-14-28(30)35-32(39)18-19-33-34(35)26-12-4-5-13-27(26)36-38-29-15-7-9-17-31(29)40(33)36/h1-22H. The molecule has 0 saturated heterocycles. The van der Waals surface area contributed by atoms with Crippen molar-refractivity contribution in [1.29, 1.82) is 0 Å². The molecule has 9 aromatic rings. The van der Waals surface area contributed by atoms with Gasteiger partial charge in [-0.15, -0.1) is 0 Å². The third-order valence-corrected chi connectivity index (χ3v) is 8.14. The summed E-state index contributed by atoms with van der Waals surface area (Å²) in [5.41, 5.74) is 9.91. The van der Waals surface area contributed by atoms with E-state index in [0.717, 1.165) is 55.4 Å². The van der Waals surface area contributed by atoms with Crippen LogP contribution in [0.5, 0.6) is 0 Å². The molecular weight excluding hydrogens is 488 g/mol. The van der Waals surface area contributed by atoms with Gasteiger partial charge in [0.15, 0.2) is 0 Å². The van der Waals surface area contributed by atoms with Crippen molar-refractivity contribution in [2.24, 2.45) is 0 Å². The van der Waals surface area contributed by atoms with E-state index in [-0.39, 0.29) is 0 Å². The fraction of sp³-hybridized carbons (Fsp3) is 0. The van der Waals surface area contributed by atoms with Crippen molar-refractivity contribution in [3.63, 3.8) is 0 Å². The molecule has 4 aromatic heterocycles. The Kier molecular flexibility index (Phi) is 4.30. The van der Waals surface area contributed by atoms with Crippen molar-refractivity contribution in [3.05, 3.63) is 134 Å². The van der Waals surface area contributed by atoms with E-state index >= 15 is 0 Å². The third-order valence-electron chi connectivity index (χ3n) is 8.14. The molecule has 4 nitrogen and oxygen atoms in total. The van der Waals surface area contributed by atoms with Crippen molar-refractivity contribution < 1.29 is 0 Å². The highest BCUT2D eigenvalue weighted by Crippen LogP contribution is 2.41. The van der Waals surface area contributed by atoms with E-state index in [1.165, 1.54) is 21.5 Å². The number of fused-ring (bicyclic) bond motifs is 12. The molecule has 0 spiro atoms. The SMILES string of the molecule is c1ccc(-c2cncc(-n3c4ccccc4c4c5c6ccccc6c6nc7ccccc7n6c5ccc43)c2)cc1. The Hall–Kier alpha value is -5.48. The predicted octanol–water partition coefficient (Wildman–Crippen LogP) is 8.95. The Balaban J connectivity index is 1.48. The number of rotatable bonds is 2. The first-order chi connectivity index (χ1) is 19.9. The molecule has 9 rings (SSSR count). The minimum atomic E-state index is 0.993. The highest BCUT2D eigenvalue weighted by atomic mass is 15.0. The van der Waals surface area contributed by atoms with Gasteiger partial charge in [-0.1, -0.05) is 84.9 Å². The molecule has 0 N–H and O–H groups in total. The quantitative estimate of drug-likeness (QED) is 0.218. The summed E-state index contributed by atoms with van der Waals surface area (Å²) in [5.74, 6) is 0. The van der Waals surface area contributed by atoms with E-state index in [1.54, 1.807) is 0 Å². The maximum Gasteiger partial charge on any atom is 0.146 e. The predicted molar refractivity (Wildman–Crippen MR) is 165 cm³/mol. The zero-order valence-corrected chi connectivity index (χ0v) is 21.5. The minimum Gasteiger partial charge on any atom is -0.308 e. The number of benzene rings is 5. The Morgan fingerprint density at radius 2 is 1.15 bits per heavy atom. The Morgan fingerprint density at radius 1 is 0.475 bits per heavy atom. The molecule has 0 bridgehead atoms. The maximum atomic E-state index is 5.08. The van der Waals surface area contributed by atoms with Crippen LogP contribution in [-0.4, -0.2) is 18.9 Å². The van der Waals surface area contributed by atoms with E-state index in [4.69, 9.17) is 4.98 Å². The zero-order valence-electron chi connectivity index (χ0n) is 21.5. The van der Waals surface area contributed by atoms with Gasteiger partial charge >= 0.3 is 0 Å². The largest absolute Gasteiger partial charge is 0.308 e. The molecule has 0 aliphatic rings. The molecule has 0 radical (unpaired) electrons. The van der Waals surface area contributed by atoms with Crippen molar-refractivity contribution >= 4 is 60.2 Å². The second kappa shape index (κ2) is 8.01.